The van der Waals surface area contributed by atoms with E-state index in [0.717, 1.165) is 22.6 Å². The van der Waals surface area contributed by atoms with Gasteiger partial charge in [0.15, 0.2) is 0 Å². The van der Waals surface area contributed by atoms with Crippen molar-refractivity contribution >= 4 is 0 Å². The third kappa shape index (κ3) is 2.39. The Morgan fingerprint density at radius 2 is 1.62 bits per heavy atom. The molecule has 0 saturated heterocycles. The van der Waals surface area contributed by atoms with Crippen LogP contribution in [-0.2, 0) is 0 Å². The molecule has 0 atom stereocenters. The molecular weight excluding hydrogens is 260 g/mol. The zero-order valence-electron chi connectivity index (χ0n) is 11.7. The van der Waals surface area contributed by atoms with Crippen LogP contribution in [0.15, 0.2) is 67.0 Å². The summed E-state index contributed by atoms with van der Waals surface area (Å²) in [6.45, 7) is 0. The van der Waals surface area contributed by atoms with Gasteiger partial charge in [-0.25, -0.2) is 0 Å². The molecule has 102 valence electrons. The number of nitriles is 1. The average Bonchev–Trinajstić information content (AvgIpc) is 2.99. The molecule has 0 fully saturated rings. The maximum absolute atomic E-state index is 9.40. The zero-order valence-corrected chi connectivity index (χ0v) is 11.7. The molecular formula is C18H14N2O. The summed E-state index contributed by atoms with van der Waals surface area (Å²) in [5, 5.41) is 9.40. The van der Waals surface area contributed by atoms with Gasteiger partial charge in [0.1, 0.15) is 11.8 Å². The van der Waals surface area contributed by atoms with E-state index in [1.807, 2.05) is 71.6 Å². The smallest absolute Gasteiger partial charge is 0.126 e. The Balaban J connectivity index is 2.16. The SMILES string of the molecule is COc1ccccc1-c1cn(-c2ccccc2)cc1C#N. The van der Waals surface area contributed by atoms with E-state index in [0.29, 0.717) is 5.56 Å². The number of benzene rings is 2. The normalized spacial score (nSPS) is 10.1. The van der Waals surface area contributed by atoms with Gasteiger partial charge in [-0.1, -0.05) is 36.4 Å². The minimum atomic E-state index is 0.628. The zero-order chi connectivity index (χ0) is 14.7. The quantitative estimate of drug-likeness (QED) is 0.723. The summed E-state index contributed by atoms with van der Waals surface area (Å²) in [6.07, 6.45) is 3.81. The second-order valence-electron chi connectivity index (χ2n) is 4.64. The van der Waals surface area contributed by atoms with Crippen LogP contribution in [0.4, 0.5) is 0 Å². The Labute approximate surface area is 123 Å². The number of nitrogens with zero attached hydrogens (tertiary/aromatic N) is 2. The van der Waals surface area contributed by atoms with Gasteiger partial charge in [-0.15, -0.1) is 0 Å². The number of aromatic nitrogens is 1. The first-order valence-electron chi connectivity index (χ1n) is 6.64. The Hall–Kier alpha value is -2.99. The van der Waals surface area contributed by atoms with E-state index in [9.17, 15) is 5.26 Å². The van der Waals surface area contributed by atoms with Crippen molar-refractivity contribution < 1.29 is 4.74 Å². The maximum atomic E-state index is 9.40. The number of hydrogen-bond donors (Lipinski definition) is 0. The van der Waals surface area contributed by atoms with Gasteiger partial charge < -0.3 is 9.30 Å². The molecule has 0 saturated carbocycles. The first-order valence-corrected chi connectivity index (χ1v) is 6.64. The number of ether oxygens (including phenoxy) is 1. The van der Waals surface area contributed by atoms with Crippen molar-refractivity contribution in [3.8, 4) is 28.6 Å². The van der Waals surface area contributed by atoms with E-state index in [-0.39, 0.29) is 0 Å². The molecule has 1 heterocycles. The van der Waals surface area contributed by atoms with Gasteiger partial charge in [0, 0.05) is 29.2 Å². The van der Waals surface area contributed by atoms with Crippen LogP contribution < -0.4 is 4.74 Å². The van der Waals surface area contributed by atoms with Crippen molar-refractivity contribution in [1.29, 1.82) is 5.26 Å². The fourth-order valence-corrected chi connectivity index (χ4v) is 2.37. The molecule has 0 aliphatic heterocycles. The summed E-state index contributed by atoms with van der Waals surface area (Å²) >= 11 is 0. The highest BCUT2D eigenvalue weighted by Gasteiger charge is 2.13. The van der Waals surface area contributed by atoms with E-state index in [2.05, 4.69) is 6.07 Å². The highest BCUT2D eigenvalue weighted by atomic mass is 16.5. The van der Waals surface area contributed by atoms with Crippen LogP contribution in [0.3, 0.4) is 0 Å². The van der Waals surface area contributed by atoms with Crippen molar-refractivity contribution in [3.63, 3.8) is 0 Å². The summed E-state index contributed by atoms with van der Waals surface area (Å²) in [4.78, 5) is 0. The van der Waals surface area contributed by atoms with Crippen molar-refractivity contribution in [1.82, 2.24) is 4.57 Å². The van der Waals surface area contributed by atoms with E-state index >= 15 is 0 Å². The van der Waals surface area contributed by atoms with Crippen LogP contribution in [0, 0.1) is 11.3 Å². The molecule has 0 radical (unpaired) electrons. The standard InChI is InChI=1S/C18H14N2O/c1-21-18-10-6-5-9-16(18)17-13-20(12-14(17)11-19)15-7-3-2-4-8-15/h2-10,12-13H,1H3. The Bertz CT molecular complexity index is 798. The molecule has 3 rings (SSSR count). The Kier molecular flexibility index (Phi) is 3.44. The first-order chi connectivity index (χ1) is 10.3. The lowest BCUT2D eigenvalue weighted by atomic mass is 10.0. The number of methoxy groups -OCH3 is 1. The maximum Gasteiger partial charge on any atom is 0.126 e. The highest BCUT2D eigenvalue weighted by molar-refractivity contribution is 5.76. The summed E-state index contributed by atoms with van der Waals surface area (Å²) in [6, 6.07) is 19.9. The lowest BCUT2D eigenvalue weighted by Gasteiger charge is -2.06. The van der Waals surface area contributed by atoms with Crippen molar-refractivity contribution in [2.24, 2.45) is 0 Å². The molecule has 0 unspecified atom stereocenters. The topological polar surface area (TPSA) is 38.0 Å². The predicted molar refractivity (Wildman–Crippen MR) is 82.5 cm³/mol. The molecule has 0 spiro atoms. The third-order valence-electron chi connectivity index (χ3n) is 3.40. The van der Waals surface area contributed by atoms with Gasteiger partial charge in [-0.2, -0.15) is 5.26 Å². The van der Waals surface area contributed by atoms with Gasteiger partial charge in [0.2, 0.25) is 0 Å². The van der Waals surface area contributed by atoms with Gasteiger partial charge in [-0.05, 0) is 18.2 Å². The minimum absolute atomic E-state index is 0.628. The van der Waals surface area contributed by atoms with Crippen LogP contribution in [-0.4, -0.2) is 11.7 Å². The molecule has 3 heteroatoms. The summed E-state index contributed by atoms with van der Waals surface area (Å²) < 4.78 is 7.35. The van der Waals surface area contributed by atoms with Crippen LogP contribution in [0.5, 0.6) is 5.75 Å². The van der Waals surface area contributed by atoms with Crippen LogP contribution in [0.1, 0.15) is 5.56 Å². The van der Waals surface area contributed by atoms with Gasteiger partial charge in [-0.3, -0.25) is 0 Å². The van der Waals surface area contributed by atoms with E-state index in [1.165, 1.54) is 0 Å². The fraction of sp³-hybridized carbons (Fsp3) is 0.0556. The van der Waals surface area contributed by atoms with Gasteiger partial charge >= 0.3 is 0 Å². The molecule has 0 aliphatic rings. The Morgan fingerprint density at radius 3 is 2.33 bits per heavy atom. The van der Waals surface area contributed by atoms with E-state index in [1.54, 1.807) is 7.11 Å². The number of hydrogen-bond acceptors (Lipinski definition) is 2. The van der Waals surface area contributed by atoms with Crippen molar-refractivity contribution in [2.45, 2.75) is 0 Å². The second-order valence-corrected chi connectivity index (χ2v) is 4.64. The van der Waals surface area contributed by atoms with E-state index in [4.69, 9.17) is 4.74 Å². The molecule has 2 aromatic carbocycles. The molecule has 0 bridgehead atoms. The molecule has 0 N–H and O–H groups in total. The highest BCUT2D eigenvalue weighted by Crippen LogP contribution is 2.33. The predicted octanol–water partition coefficient (Wildman–Crippen LogP) is 4.02. The van der Waals surface area contributed by atoms with Crippen LogP contribution in [0.2, 0.25) is 0 Å². The van der Waals surface area contributed by atoms with Crippen molar-refractivity contribution in [3.05, 3.63) is 72.6 Å². The summed E-state index contributed by atoms with van der Waals surface area (Å²) in [5.74, 6) is 0.764. The fourth-order valence-electron chi connectivity index (χ4n) is 2.37. The summed E-state index contributed by atoms with van der Waals surface area (Å²) in [7, 11) is 1.64. The molecule has 0 aliphatic carbocycles. The molecule has 0 amide bonds. The number of rotatable bonds is 3. The monoisotopic (exact) mass is 274 g/mol. The largest absolute Gasteiger partial charge is 0.496 e. The van der Waals surface area contributed by atoms with E-state index < -0.39 is 0 Å². The second kappa shape index (κ2) is 5.56. The van der Waals surface area contributed by atoms with Crippen LogP contribution in [0.25, 0.3) is 16.8 Å². The molecule has 3 nitrogen and oxygen atoms in total. The average molecular weight is 274 g/mol. The minimum Gasteiger partial charge on any atom is -0.496 e. The first kappa shape index (κ1) is 13.0. The van der Waals surface area contributed by atoms with Crippen molar-refractivity contribution in [2.75, 3.05) is 7.11 Å². The number of para-hydroxylation sites is 2. The summed E-state index contributed by atoms with van der Waals surface area (Å²) in [5.41, 5.74) is 3.45. The molecule has 21 heavy (non-hydrogen) atoms. The lowest BCUT2D eigenvalue weighted by Crippen LogP contribution is -1.89. The Morgan fingerprint density at radius 1 is 0.905 bits per heavy atom. The third-order valence-corrected chi connectivity index (χ3v) is 3.40. The molecule has 3 aromatic rings. The van der Waals surface area contributed by atoms with Gasteiger partial charge in [0.25, 0.3) is 0 Å². The molecule has 1 aromatic heterocycles. The lowest BCUT2D eigenvalue weighted by molar-refractivity contribution is 0.416. The van der Waals surface area contributed by atoms with Gasteiger partial charge in [0.05, 0.1) is 12.7 Å². The van der Waals surface area contributed by atoms with Crippen LogP contribution >= 0.6 is 0 Å².